The van der Waals surface area contributed by atoms with E-state index in [1.807, 2.05) is 13.8 Å². The zero-order valence-corrected chi connectivity index (χ0v) is 22.0. The molecule has 1 aliphatic rings. The van der Waals surface area contributed by atoms with Gasteiger partial charge >= 0.3 is 6.18 Å². The molecule has 2 atom stereocenters. The molecule has 7 nitrogen and oxygen atoms in total. The topological polar surface area (TPSA) is 94.0 Å². The van der Waals surface area contributed by atoms with Gasteiger partial charge in [-0.3, -0.25) is 14.6 Å². The summed E-state index contributed by atoms with van der Waals surface area (Å²) in [5, 5.41) is 21.4. The van der Waals surface area contributed by atoms with Gasteiger partial charge in [0.05, 0.1) is 17.1 Å². The zero-order valence-electron chi connectivity index (χ0n) is 22.0. The summed E-state index contributed by atoms with van der Waals surface area (Å²) >= 11 is 0. The second-order valence-electron chi connectivity index (χ2n) is 9.73. The lowest BCUT2D eigenvalue weighted by Gasteiger charge is -2.42. The lowest BCUT2D eigenvalue weighted by atomic mass is 9.83. The van der Waals surface area contributed by atoms with Crippen molar-refractivity contribution in [1.29, 1.82) is 0 Å². The maximum Gasteiger partial charge on any atom is 0.418 e. The number of phenols is 1. The number of piperidine rings is 1. The van der Waals surface area contributed by atoms with Gasteiger partial charge in [-0.25, -0.2) is 0 Å². The molecular formula is C28H36F3N3O4. The molecule has 1 aromatic carbocycles. The molecule has 2 aromatic rings. The molecule has 2 unspecified atom stereocenters. The van der Waals surface area contributed by atoms with Gasteiger partial charge in [0.2, 0.25) is 5.91 Å². The van der Waals surface area contributed by atoms with Crippen molar-refractivity contribution in [3.05, 3.63) is 59.4 Å². The van der Waals surface area contributed by atoms with Crippen molar-refractivity contribution < 1.29 is 33.0 Å². The quantitative estimate of drug-likeness (QED) is 0.473. The Hall–Kier alpha value is -3.14. The molecule has 1 aliphatic heterocycles. The number of halogens is 3. The molecule has 208 valence electrons. The average Bonchev–Trinajstić information content (AvgIpc) is 2.89. The number of carbonyl (C=O) groups excluding carboxylic acids is 2. The van der Waals surface area contributed by atoms with Gasteiger partial charge in [-0.15, -0.1) is 0 Å². The molecule has 1 saturated heterocycles. The van der Waals surface area contributed by atoms with Crippen LogP contribution in [-0.4, -0.2) is 62.5 Å². The molecule has 2 amide bonds. The van der Waals surface area contributed by atoms with Gasteiger partial charge < -0.3 is 20.0 Å². The van der Waals surface area contributed by atoms with Crippen molar-refractivity contribution in [2.45, 2.75) is 70.7 Å². The smallest absolute Gasteiger partial charge is 0.418 e. The minimum Gasteiger partial charge on any atom is -0.508 e. The number of rotatable bonds is 9. The predicted octanol–water partition coefficient (Wildman–Crippen LogP) is 4.97. The molecule has 1 aromatic heterocycles. The summed E-state index contributed by atoms with van der Waals surface area (Å²) in [7, 11) is 0. The first-order valence-electron chi connectivity index (χ1n) is 13.1. The highest BCUT2D eigenvalue weighted by Crippen LogP contribution is 2.38. The maximum atomic E-state index is 13.7. The van der Waals surface area contributed by atoms with Gasteiger partial charge in [-0.2, -0.15) is 13.2 Å². The third-order valence-corrected chi connectivity index (χ3v) is 7.43. The van der Waals surface area contributed by atoms with E-state index in [1.54, 1.807) is 30.0 Å². The molecule has 3 rings (SSSR count). The molecule has 10 heteroatoms. The highest BCUT2D eigenvalue weighted by molar-refractivity contribution is 5.94. The molecule has 1 fully saturated rings. The number of aromatic nitrogens is 1. The number of likely N-dealkylation sites (tertiary alicyclic amines) is 1. The molecule has 0 aliphatic carbocycles. The summed E-state index contributed by atoms with van der Waals surface area (Å²) in [5.41, 5.74) is -2.62. The number of pyridine rings is 1. The van der Waals surface area contributed by atoms with Gasteiger partial charge in [-0.05, 0) is 50.8 Å². The zero-order chi connectivity index (χ0) is 28.1. The maximum absolute atomic E-state index is 13.7. The highest BCUT2D eigenvalue weighted by atomic mass is 19.4. The van der Waals surface area contributed by atoms with Crippen LogP contribution < -0.4 is 0 Å². The molecule has 2 N–H and O–H groups in total. The number of benzene rings is 1. The number of nitrogens with zero attached hydrogens (tertiary/aromatic N) is 3. The van der Waals surface area contributed by atoms with Gasteiger partial charge in [0, 0.05) is 37.4 Å². The van der Waals surface area contributed by atoms with Crippen molar-refractivity contribution in [2.75, 3.05) is 19.6 Å². The van der Waals surface area contributed by atoms with Gasteiger partial charge in [0.15, 0.2) is 0 Å². The fourth-order valence-corrected chi connectivity index (χ4v) is 5.42. The number of para-hydroxylation sites is 1. The molecule has 0 radical (unpaired) electrons. The van der Waals surface area contributed by atoms with E-state index in [9.17, 15) is 33.0 Å². The van der Waals surface area contributed by atoms with Crippen LogP contribution in [0.3, 0.4) is 0 Å². The second-order valence-corrected chi connectivity index (χ2v) is 9.73. The monoisotopic (exact) mass is 535 g/mol. The Balaban J connectivity index is 1.84. The van der Waals surface area contributed by atoms with E-state index in [0.717, 1.165) is 18.3 Å². The van der Waals surface area contributed by atoms with Crippen molar-refractivity contribution in [3.8, 4) is 5.75 Å². The highest BCUT2D eigenvalue weighted by Gasteiger charge is 2.42. The first-order chi connectivity index (χ1) is 18.0. The van der Waals surface area contributed by atoms with Crippen LogP contribution in [-0.2, 0) is 16.6 Å². The summed E-state index contributed by atoms with van der Waals surface area (Å²) in [6.07, 6.45) is -1.67. The fraction of sp³-hybridized carbons (Fsp3) is 0.536. The molecule has 38 heavy (non-hydrogen) atoms. The minimum absolute atomic E-state index is 0.00549. The predicted molar refractivity (Wildman–Crippen MR) is 136 cm³/mol. The van der Waals surface area contributed by atoms with Crippen molar-refractivity contribution in [1.82, 2.24) is 14.8 Å². The number of alkyl halides is 3. The van der Waals surface area contributed by atoms with E-state index in [4.69, 9.17) is 0 Å². The summed E-state index contributed by atoms with van der Waals surface area (Å²) < 4.78 is 40.9. The Morgan fingerprint density at radius 3 is 2.32 bits per heavy atom. The van der Waals surface area contributed by atoms with E-state index >= 15 is 0 Å². The first-order valence-corrected chi connectivity index (χ1v) is 13.1. The number of carbonyl (C=O) groups is 2. The van der Waals surface area contributed by atoms with E-state index < -0.39 is 40.9 Å². The average molecular weight is 536 g/mol. The van der Waals surface area contributed by atoms with Crippen LogP contribution in [0.15, 0.2) is 42.6 Å². The number of phenolic OH excluding ortho intramolecular Hbond substituents is 1. The van der Waals surface area contributed by atoms with Crippen LogP contribution in [0.4, 0.5) is 13.2 Å². The number of hydrogen-bond donors (Lipinski definition) is 2. The lowest BCUT2D eigenvalue weighted by Crippen LogP contribution is -2.53. The SMILES string of the molecule is CCCC(C(CC)C(=O)N1CCC(O)(c2ccccc2O)CC1)N(CC)C(=O)c1ncccc1C(F)(F)F. The Morgan fingerprint density at radius 1 is 1.11 bits per heavy atom. The van der Waals surface area contributed by atoms with Crippen molar-refractivity contribution >= 4 is 11.8 Å². The van der Waals surface area contributed by atoms with Gasteiger partial charge in [0.1, 0.15) is 11.4 Å². The van der Waals surface area contributed by atoms with Crippen molar-refractivity contribution in [2.24, 2.45) is 5.92 Å². The molecule has 0 spiro atoms. The van der Waals surface area contributed by atoms with E-state index in [-0.39, 0.29) is 44.1 Å². The Labute approximate surface area is 221 Å². The lowest BCUT2D eigenvalue weighted by molar-refractivity contribution is -0.143. The Bertz CT molecular complexity index is 1120. The van der Waals surface area contributed by atoms with Gasteiger partial charge in [0.25, 0.3) is 5.91 Å². The van der Waals surface area contributed by atoms with Gasteiger partial charge in [-0.1, -0.05) is 38.5 Å². The van der Waals surface area contributed by atoms with E-state index in [2.05, 4.69) is 4.98 Å². The normalized spacial score (nSPS) is 17.1. The Morgan fingerprint density at radius 2 is 1.76 bits per heavy atom. The molecular weight excluding hydrogens is 499 g/mol. The summed E-state index contributed by atoms with van der Waals surface area (Å²) in [6.45, 7) is 6.02. The molecule has 0 bridgehead atoms. The van der Waals surface area contributed by atoms with E-state index in [1.165, 1.54) is 11.0 Å². The molecule has 2 heterocycles. The summed E-state index contributed by atoms with van der Waals surface area (Å²) in [5.74, 6) is -1.69. The number of aromatic hydroxyl groups is 1. The van der Waals surface area contributed by atoms with Crippen LogP contribution in [0.1, 0.15) is 74.5 Å². The third-order valence-electron chi connectivity index (χ3n) is 7.43. The van der Waals surface area contributed by atoms with E-state index in [0.29, 0.717) is 24.8 Å². The largest absolute Gasteiger partial charge is 0.508 e. The van der Waals surface area contributed by atoms with Crippen LogP contribution in [0, 0.1) is 5.92 Å². The first kappa shape index (κ1) is 29.4. The summed E-state index contributed by atoms with van der Waals surface area (Å²) in [4.78, 5) is 33.9. The minimum atomic E-state index is -4.74. The number of hydrogen-bond acceptors (Lipinski definition) is 5. The number of amides is 2. The molecule has 0 saturated carbocycles. The summed E-state index contributed by atoms with van der Waals surface area (Å²) in [6, 6.07) is 7.94. The number of aliphatic hydroxyl groups is 1. The van der Waals surface area contributed by atoms with Crippen molar-refractivity contribution in [3.63, 3.8) is 0 Å². The van der Waals surface area contributed by atoms with Crippen LogP contribution >= 0.6 is 0 Å². The Kier molecular flexibility index (Phi) is 9.40. The fourth-order valence-electron chi connectivity index (χ4n) is 5.42. The van der Waals surface area contributed by atoms with Crippen LogP contribution in [0.25, 0.3) is 0 Å². The third kappa shape index (κ3) is 6.11. The second kappa shape index (κ2) is 12.1. The standard InChI is InChI=1S/C28H36F3N3O4/c1-4-10-22(34(6-3)26(37)24-21(28(29,30)31)12-9-16-32-24)19(5-2)25(36)33-17-14-27(38,15-18-33)20-11-7-8-13-23(20)35/h7-9,11-13,16,19,22,35,38H,4-6,10,14-15,17-18H2,1-3H3. The van der Waals surface area contributed by atoms with Crippen LogP contribution in [0.5, 0.6) is 5.75 Å². The van der Waals surface area contributed by atoms with Crippen LogP contribution in [0.2, 0.25) is 0 Å².